The van der Waals surface area contributed by atoms with E-state index in [9.17, 15) is 10.2 Å². The van der Waals surface area contributed by atoms with Gasteiger partial charge in [0.1, 0.15) is 0 Å². The smallest absolute Gasteiger partial charge is 0.171 e. The molecule has 2 N–H and O–H groups in total. The third-order valence-electron chi connectivity index (χ3n) is 12.6. The SMILES string of the molecule is CC1(C)COC2(CCC3=C4[C@@H](CC[C@@]3(O)C2)[C@@H]2CC[C@](O)(CCCOC3CCCCO3)[C@]2(C)C[C@@H]4c2ccc(Br)cc2)OC1. The Morgan fingerprint density at radius 2 is 1.73 bits per heavy atom. The zero-order chi connectivity index (χ0) is 30.8. The Hall–Kier alpha value is -0.800. The van der Waals surface area contributed by atoms with Gasteiger partial charge in [-0.15, -0.1) is 0 Å². The average Bonchev–Trinajstić information content (AvgIpc) is 3.27. The van der Waals surface area contributed by atoms with Gasteiger partial charge in [-0.25, -0.2) is 0 Å². The number of halogens is 1. The van der Waals surface area contributed by atoms with Gasteiger partial charge >= 0.3 is 0 Å². The van der Waals surface area contributed by atoms with Crippen LogP contribution in [0, 0.1) is 22.7 Å². The van der Waals surface area contributed by atoms with Crippen LogP contribution in [0.15, 0.2) is 39.9 Å². The predicted molar refractivity (Wildman–Crippen MR) is 173 cm³/mol. The molecular formula is C37H53BrO6. The molecule has 44 heavy (non-hydrogen) atoms. The number of allylic oxidation sites excluding steroid dienone is 1. The highest BCUT2D eigenvalue weighted by molar-refractivity contribution is 9.10. The predicted octanol–water partition coefficient (Wildman–Crippen LogP) is 7.80. The second-order valence-corrected chi connectivity index (χ2v) is 17.0. The maximum Gasteiger partial charge on any atom is 0.171 e. The van der Waals surface area contributed by atoms with Crippen LogP contribution in [0.5, 0.6) is 0 Å². The van der Waals surface area contributed by atoms with Crippen molar-refractivity contribution in [1.29, 1.82) is 0 Å². The van der Waals surface area contributed by atoms with Crippen molar-refractivity contribution in [3.8, 4) is 0 Å². The molecule has 244 valence electrons. The Labute approximate surface area is 272 Å². The zero-order valence-electron chi connectivity index (χ0n) is 27.0. The fourth-order valence-corrected chi connectivity index (χ4v) is 10.4. The van der Waals surface area contributed by atoms with Crippen LogP contribution in [0.1, 0.15) is 116 Å². The summed E-state index contributed by atoms with van der Waals surface area (Å²) in [6.45, 7) is 9.49. The first kappa shape index (κ1) is 31.8. The van der Waals surface area contributed by atoms with Gasteiger partial charge in [0.15, 0.2) is 12.1 Å². The van der Waals surface area contributed by atoms with Crippen LogP contribution >= 0.6 is 15.9 Å². The fraction of sp³-hybridized carbons (Fsp3) is 0.784. The summed E-state index contributed by atoms with van der Waals surface area (Å²) in [5, 5.41) is 24.9. The van der Waals surface area contributed by atoms with E-state index in [0.717, 1.165) is 81.7 Å². The lowest BCUT2D eigenvalue weighted by atomic mass is 9.49. The Morgan fingerprint density at radius 3 is 2.45 bits per heavy atom. The molecule has 1 aromatic carbocycles. The number of benzene rings is 1. The molecule has 2 saturated heterocycles. The van der Waals surface area contributed by atoms with Crippen molar-refractivity contribution in [3.05, 3.63) is 45.4 Å². The molecule has 6 nitrogen and oxygen atoms in total. The molecule has 0 amide bonds. The van der Waals surface area contributed by atoms with Crippen molar-refractivity contribution in [2.24, 2.45) is 22.7 Å². The normalized spacial score (nSPS) is 41.2. The van der Waals surface area contributed by atoms with E-state index in [1.165, 1.54) is 23.1 Å². The summed E-state index contributed by atoms with van der Waals surface area (Å²) in [5.41, 5.74) is 2.19. The lowest BCUT2D eigenvalue weighted by Gasteiger charge is -2.58. The quantitative estimate of drug-likeness (QED) is 0.237. The Balaban J connectivity index is 1.17. The van der Waals surface area contributed by atoms with Gasteiger partial charge in [0.2, 0.25) is 0 Å². The van der Waals surface area contributed by atoms with Gasteiger partial charge in [0, 0.05) is 47.3 Å². The molecule has 0 aromatic heterocycles. The molecule has 0 radical (unpaired) electrons. The van der Waals surface area contributed by atoms with Gasteiger partial charge in [0.25, 0.3) is 0 Å². The van der Waals surface area contributed by atoms with E-state index >= 15 is 0 Å². The van der Waals surface area contributed by atoms with Crippen molar-refractivity contribution in [2.75, 3.05) is 26.4 Å². The first-order valence-corrected chi connectivity index (χ1v) is 18.2. The highest BCUT2D eigenvalue weighted by atomic mass is 79.9. The first-order chi connectivity index (χ1) is 21.0. The standard InChI is InChI=1S/C37H53BrO6/c1-33(2)23-43-37(44-24-33)18-14-30-32-27(12-16-35(30,39)22-37)29-13-17-36(40,15-6-20-42-31-7-4-5-19-41-31)34(29,3)21-28(32)25-8-10-26(38)11-9-25/h8-11,27-29,31,39-40H,4-7,12-24H2,1-3H3/t27-,28+,29-,31?,34+,35+,36+/m0/s1. The summed E-state index contributed by atoms with van der Waals surface area (Å²) in [5.74, 6) is 0.275. The number of hydrogen-bond donors (Lipinski definition) is 2. The van der Waals surface area contributed by atoms with Crippen LogP contribution in [0.2, 0.25) is 0 Å². The number of hydrogen-bond acceptors (Lipinski definition) is 6. The summed E-state index contributed by atoms with van der Waals surface area (Å²) in [7, 11) is 0. The molecule has 7 rings (SSSR count). The monoisotopic (exact) mass is 672 g/mol. The third-order valence-corrected chi connectivity index (χ3v) is 13.2. The first-order valence-electron chi connectivity index (χ1n) is 17.4. The molecule has 7 heteroatoms. The fourth-order valence-electron chi connectivity index (χ4n) is 10.2. The molecule has 5 fully saturated rings. The molecule has 4 aliphatic carbocycles. The van der Waals surface area contributed by atoms with Crippen molar-refractivity contribution in [3.63, 3.8) is 0 Å². The highest BCUT2D eigenvalue weighted by Gasteiger charge is 2.64. The van der Waals surface area contributed by atoms with Crippen molar-refractivity contribution in [2.45, 2.75) is 133 Å². The van der Waals surface area contributed by atoms with E-state index in [4.69, 9.17) is 18.9 Å². The molecule has 7 atom stereocenters. The molecular weight excluding hydrogens is 620 g/mol. The summed E-state index contributed by atoms with van der Waals surface area (Å²) >= 11 is 3.65. The van der Waals surface area contributed by atoms with E-state index in [1.807, 2.05) is 0 Å². The van der Waals surface area contributed by atoms with Crippen LogP contribution in [-0.2, 0) is 18.9 Å². The van der Waals surface area contributed by atoms with Crippen LogP contribution in [-0.4, -0.2) is 59.9 Å². The molecule has 1 aromatic rings. The van der Waals surface area contributed by atoms with Crippen LogP contribution in [0.4, 0.5) is 0 Å². The summed E-state index contributed by atoms with van der Waals surface area (Å²) < 4.78 is 25.8. The van der Waals surface area contributed by atoms with E-state index < -0.39 is 17.0 Å². The molecule has 6 aliphatic rings. The lowest BCUT2D eigenvalue weighted by Crippen LogP contribution is -2.58. The number of fused-ring (bicyclic) bond motifs is 4. The topological polar surface area (TPSA) is 77.4 Å². The van der Waals surface area contributed by atoms with Gasteiger partial charge in [-0.3, -0.25) is 0 Å². The van der Waals surface area contributed by atoms with E-state index in [2.05, 4.69) is 61.0 Å². The Bertz CT molecular complexity index is 1230. The molecule has 1 spiro atoms. The highest BCUT2D eigenvalue weighted by Crippen LogP contribution is 2.68. The van der Waals surface area contributed by atoms with Crippen molar-refractivity contribution >= 4 is 15.9 Å². The molecule has 1 unspecified atom stereocenters. The van der Waals surface area contributed by atoms with Crippen LogP contribution in [0.25, 0.3) is 0 Å². The van der Waals surface area contributed by atoms with Gasteiger partial charge in [-0.2, -0.15) is 0 Å². The Morgan fingerprint density at radius 1 is 0.955 bits per heavy atom. The molecule has 3 saturated carbocycles. The van der Waals surface area contributed by atoms with Crippen LogP contribution < -0.4 is 0 Å². The van der Waals surface area contributed by atoms with Gasteiger partial charge in [-0.05, 0) is 106 Å². The van der Waals surface area contributed by atoms with E-state index in [0.29, 0.717) is 38.1 Å². The minimum absolute atomic E-state index is 0.000181. The summed E-state index contributed by atoms with van der Waals surface area (Å²) in [6, 6.07) is 8.79. The van der Waals surface area contributed by atoms with E-state index in [1.54, 1.807) is 0 Å². The average molecular weight is 674 g/mol. The molecule has 0 bridgehead atoms. The molecule has 2 aliphatic heterocycles. The van der Waals surface area contributed by atoms with Gasteiger partial charge < -0.3 is 29.2 Å². The molecule has 2 heterocycles. The van der Waals surface area contributed by atoms with Gasteiger partial charge in [0.05, 0.1) is 24.4 Å². The minimum Gasteiger partial charge on any atom is -0.389 e. The second kappa shape index (κ2) is 11.7. The zero-order valence-corrected chi connectivity index (χ0v) is 28.6. The second-order valence-electron chi connectivity index (χ2n) is 16.1. The third kappa shape index (κ3) is 5.58. The summed E-state index contributed by atoms with van der Waals surface area (Å²) in [4.78, 5) is 0. The van der Waals surface area contributed by atoms with Crippen LogP contribution in [0.3, 0.4) is 0 Å². The number of aliphatic hydroxyl groups is 2. The van der Waals surface area contributed by atoms with E-state index in [-0.39, 0.29) is 23.0 Å². The minimum atomic E-state index is -0.902. The van der Waals surface area contributed by atoms with Crippen molar-refractivity contribution in [1.82, 2.24) is 0 Å². The van der Waals surface area contributed by atoms with Gasteiger partial charge in [-0.1, -0.05) is 54.4 Å². The largest absolute Gasteiger partial charge is 0.389 e. The Kier molecular flexibility index (Phi) is 8.46. The number of ether oxygens (including phenoxy) is 4. The summed E-state index contributed by atoms with van der Waals surface area (Å²) in [6.07, 6.45) is 11.4. The number of rotatable bonds is 6. The lowest BCUT2D eigenvalue weighted by molar-refractivity contribution is -0.322. The maximum absolute atomic E-state index is 12.5. The maximum atomic E-state index is 12.5. The van der Waals surface area contributed by atoms with Crippen molar-refractivity contribution < 1.29 is 29.2 Å².